The summed E-state index contributed by atoms with van der Waals surface area (Å²) in [7, 11) is 0. The summed E-state index contributed by atoms with van der Waals surface area (Å²) in [5.41, 5.74) is 0. The first kappa shape index (κ1) is 59.4. The number of aliphatic hydroxyl groups is 3. The van der Waals surface area contributed by atoms with E-state index in [9.17, 15) is 20.1 Å². The first-order valence-electron chi connectivity index (χ1n) is 27.8. The first-order valence-corrected chi connectivity index (χ1v) is 27.8. The molecular weight excluding hydrogens is 739 g/mol. The number of carbonyl (C=O) groups is 1. The van der Waals surface area contributed by atoms with Crippen LogP contribution in [0.25, 0.3) is 0 Å². The molecular formula is C55H111NO4. The molecule has 0 aliphatic carbocycles. The fourth-order valence-electron chi connectivity index (χ4n) is 9.14. The Hall–Kier alpha value is -0.650. The van der Waals surface area contributed by atoms with Crippen molar-refractivity contribution in [2.45, 2.75) is 340 Å². The molecule has 0 heterocycles. The van der Waals surface area contributed by atoms with Crippen LogP contribution in [-0.2, 0) is 4.79 Å². The van der Waals surface area contributed by atoms with Gasteiger partial charge in [-0.15, -0.1) is 0 Å². The Morgan fingerprint density at radius 1 is 0.333 bits per heavy atom. The van der Waals surface area contributed by atoms with Crippen LogP contribution in [0.3, 0.4) is 0 Å². The SMILES string of the molecule is CCCCCCCCCCCCCCCCCCCCCCCCCCCCCCCCCCCCCCC(O)C(=O)NC(CO)C(O)CCCCCCCCCCCC. The third kappa shape index (κ3) is 45.4. The van der Waals surface area contributed by atoms with E-state index in [1.165, 1.54) is 263 Å². The molecule has 1 amide bonds. The minimum Gasteiger partial charge on any atom is -0.394 e. The van der Waals surface area contributed by atoms with Crippen LogP contribution in [0.1, 0.15) is 322 Å². The third-order valence-corrected chi connectivity index (χ3v) is 13.5. The number of aliphatic hydroxyl groups excluding tert-OH is 3. The normalized spacial score (nSPS) is 13.2. The molecule has 5 nitrogen and oxygen atoms in total. The molecule has 0 aromatic rings. The summed E-state index contributed by atoms with van der Waals surface area (Å²) in [5.74, 6) is -0.465. The van der Waals surface area contributed by atoms with E-state index in [1.807, 2.05) is 0 Å². The summed E-state index contributed by atoms with van der Waals surface area (Å²) in [6, 6.07) is -0.705. The van der Waals surface area contributed by atoms with Gasteiger partial charge in [0.1, 0.15) is 6.10 Å². The van der Waals surface area contributed by atoms with Crippen LogP contribution in [0.15, 0.2) is 0 Å². The van der Waals surface area contributed by atoms with Crippen molar-refractivity contribution in [2.24, 2.45) is 0 Å². The zero-order valence-corrected chi connectivity index (χ0v) is 41.1. The largest absolute Gasteiger partial charge is 0.394 e. The van der Waals surface area contributed by atoms with E-state index in [1.54, 1.807) is 0 Å². The summed E-state index contributed by atoms with van der Waals surface area (Å²) in [4.78, 5) is 12.5. The Labute approximate surface area is 377 Å². The van der Waals surface area contributed by atoms with E-state index in [2.05, 4.69) is 19.2 Å². The number of amides is 1. The molecule has 0 saturated carbocycles. The van der Waals surface area contributed by atoms with Crippen LogP contribution in [0.2, 0.25) is 0 Å². The predicted molar refractivity (Wildman–Crippen MR) is 264 cm³/mol. The van der Waals surface area contributed by atoms with Gasteiger partial charge in [-0.25, -0.2) is 0 Å². The van der Waals surface area contributed by atoms with Gasteiger partial charge in [0.05, 0.1) is 18.8 Å². The lowest BCUT2D eigenvalue weighted by Gasteiger charge is -2.23. The average molecular weight is 850 g/mol. The summed E-state index contributed by atoms with van der Waals surface area (Å²) < 4.78 is 0. The second kappa shape index (κ2) is 51.0. The van der Waals surface area contributed by atoms with Gasteiger partial charge in [-0.3, -0.25) is 4.79 Å². The lowest BCUT2D eigenvalue weighted by atomic mass is 10.0. The molecule has 0 radical (unpaired) electrons. The van der Waals surface area contributed by atoms with Gasteiger partial charge in [0.15, 0.2) is 0 Å². The average Bonchev–Trinajstić information content (AvgIpc) is 3.25. The first-order chi connectivity index (χ1) is 29.6. The molecule has 0 aromatic heterocycles. The summed E-state index contributed by atoms with van der Waals surface area (Å²) >= 11 is 0. The van der Waals surface area contributed by atoms with Crippen molar-refractivity contribution in [3.05, 3.63) is 0 Å². The number of hydrogen-bond donors (Lipinski definition) is 4. The molecule has 3 atom stereocenters. The van der Waals surface area contributed by atoms with Gasteiger partial charge in [0.25, 0.3) is 0 Å². The highest BCUT2D eigenvalue weighted by Gasteiger charge is 2.23. The maximum atomic E-state index is 12.5. The lowest BCUT2D eigenvalue weighted by Crippen LogP contribution is -2.49. The van der Waals surface area contributed by atoms with Crippen LogP contribution in [0.4, 0.5) is 0 Å². The summed E-state index contributed by atoms with van der Waals surface area (Å²) in [6.45, 7) is 4.24. The van der Waals surface area contributed by atoms with Gasteiger partial charge in [-0.2, -0.15) is 0 Å². The van der Waals surface area contributed by atoms with Crippen molar-refractivity contribution in [3.63, 3.8) is 0 Å². The molecule has 5 heteroatoms. The van der Waals surface area contributed by atoms with Crippen molar-refractivity contribution < 1.29 is 20.1 Å². The van der Waals surface area contributed by atoms with Gasteiger partial charge >= 0.3 is 0 Å². The minimum absolute atomic E-state index is 0.308. The van der Waals surface area contributed by atoms with Crippen LogP contribution in [0.5, 0.6) is 0 Å². The molecule has 0 saturated heterocycles. The molecule has 0 rings (SSSR count). The number of unbranched alkanes of at least 4 members (excludes halogenated alkanes) is 44. The Bertz CT molecular complexity index is 807. The van der Waals surface area contributed by atoms with Gasteiger partial charge < -0.3 is 20.6 Å². The van der Waals surface area contributed by atoms with E-state index in [0.717, 1.165) is 32.1 Å². The summed E-state index contributed by atoms with van der Waals surface area (Å²) in [5, 5.41) is 33.3. The van der Waals surface area contributed by atoms with E-state index < -0.39 is 24.2 Å². The second-order valence-corrected chi connectivity index (χ2v) is 19.5. The highest BCUT2D eigenvalue weighted by molar-refractivity contribution is 5.80. The highest BCUT2D eigenvalue weighted by Crippen LogP contribution is 2.18. The molecule has 60 heavy (non-hydrogen) atoms. The molecule has 4 N–H and O–H groups in total. The molecule has 0 spiro atoms. The van der Waals surface area contributed by atoms with E-state index >= 15 is 0 Å². The quantitative estimate of drug-likeness (QED) is 0.0459. The topological polar surface area (TPSA) is 89.8 Å². The number of rotatable bonds is 52. The standard InChI is InChI=1S/C55H111NO4/c1-3-5-7-9-11-13-15-16-17-18-19-20-21-22-23-24-25-26-27-28-29-30-31-32-33-34-35-36-37-38-39-40-42-44-46-48-50-54(59)55(60)56-52(51-57)53(58)49-47-45-43-41-14-12-10-8-6-4-2/h52-54,57-59H,3-51H2,1-2H3,(H,56,60). The fourth-order valence-corrected chi connectivity index (χ4v) is 9.14. The van der Waals surface area contributed by atoms with Gasteiger partial charge in [-0.05, 0) is 12.8 Å². The Morgan fingerprint density at radius 2 is 0.533 bits per heavy atom. The van der Waals surface area contributed by atoms with E-state index in [-0.39, 0.29) is 6.61 Å². The lowest BCUT2D eigenvalue weighted by molar-refractivity contribution is -0.131. The minimum atomic E-state index is -1.07. The van der Waals surface area contributed by atoms with Crippen molar-refractivity contribution >= 4 is 5.91 Å². The molecule has 0 bridgehead atoms. The highest BCUT2D eigenvalue weighted by atomic mass is 16.3. The van der Waals surface area contributed by atoms with E-state index in [4.69, 9.17) is 0 Å². The Balaban J connectivity index is 3.37. The molecule has 0 aromatic carbocycles. The van der Waals surface area contributed by atoms with Gasteiger partial charge in [0.2, 0.25) is 5.91 Å². The number of hydrogen-bond acceptors (Lipinski definition) is 4. The van der Waals surface area contributed by atoms with Crippen LogP contribution in [-0.4, -0.2) is 46.1 Å². The maximum absolute atomic E-state index is 12.5. The molecule has 0 aliphatic heterocycles. The zero-order valence-electron chi connectivity index (χ0n) is 41.1. The van der Waals surface area contributed by atoms with Crippen LogP contribution < -0.4 is 5.32 Å². The smallest absolute Gasteiger partial charge is 0.249 e. The van der Waals surface area contributed by atoms with E-state index in [0.29, 0.717) is 12.8 Å². The second-order valence-electron chi connectivity index (χ2n) is 19.5. The van der Waals surface area contributed by atoms with Gasteiger partial charge in [-0.1, -0.05) is 309 Å². The number of nitrogens with one attached hydrogen (secondary N) is 1. The van der Waals surface area contributed by atoms with Crippen LogP contribution >= 0.6 is 0 Å². The molecule has 0 fully saturated rings. The monoisotopic (exact) mass is 850 g/mol. The van der Waals surface area contributed by atoms with Crippen molar-refractivity contribution in [3.8, 4) is 0 Å². The Morgan fingerprint density at radius 3 is 0.750 bits per heavy atom. The maximum Gasteiger partial charge on any atom is 0.249 e. The number of carbonyl (C=O) groups excluding carboxylic acids is 1. The predicted octanol–water partition coefficient (Wildman–Crippen LogP) is 16.9. The zero-order chi connectivity index (χ0) is 43.7. The fraction of sp³-hybridized carbons (Fsp3) is 0.982. The van der Waals surface area contributed by atoms with Crippen molar-refractivity contribution in [2.75, 3.05) is 6.61 Å². The molecule has 0 aliphatic rings. The summed E-state index contributed by atoms with van der Waals surface area (Å²) in [6.07, 6.45) is 61.8. The van der Waals surface area contributed by atoms with Crippen molar-refractivity contribution in [1.82, 2.24) is 5.32 Å². The van der Waals surface area contributed by atoms with Crippen LogP contribution in [0, 0.1) is 0 Å². The van der Waals surface area contributed by atoms with Gasteiger partial charge in [0, 0.05) is 0 Å². The molecule has 360 valence electrons. The third-order valence-electron chi connectivity index (χ3n) is 13.5. The Kier molecular flexibility index (Phi) is 50.4. The molecule has 3 unspecified atom stereocenters. The van der Waals surface area contributed by atoms with Crippen molar-refractivity contribution in [1.29, 1.82) is 0 Å².